The van der Waals surface area contributed by atoms with E-state index >= 15 is 0 Å². The second kappa shape index (κ2) is 17.3. The SMILES string of the molecule is CNc1c(C)cccc1Cl.Cc1nc(Nc2ncc(C=O)s2)cc(N2CCN(CCCC(=O)N3CC4(C3)CN(c3ccc(-n5ccc(=O)[nH]c5=O)cc3)C4)CC2)n1. The van der Waals surface area contributed by atoms with Crippen LogP contribution in [0.25, 0.3) is 5.69 Å². The first kappa shape index (κ1) is 39.6. The van der Waals surface area contributed by atoms with Gasteiger partial charge in [0.05, 0.1) is 27.5 Å². The average molecular weight is 812 g/mol. The number of thiazole rings is 1. The minimum Gasteiger partial charge on any atom is -0.387 e. The van der Waals surface area contributed by atoms with Crippen LogP contribution in [0.15, 0.2) is 76.6 Å². The molecule has 3 aliphatic heterocycles. The van der Waals surface area contributed by atoms with E-state index in [1.54, 1.807) is 0 Å². The molecule has 298 valence electrons. The number of hydrogen-bond acceptors (Lipinski definition) is 13. The van der Waals surface area contributed by atoms with Crippen molar-refractivity contribution < 1.29 is 9.59 Å². The van der Waals surface area contributed by atoms with Gasteiger partial charge < -0.3 is 25.3 Å². The number of likely N-dealkylation sites (tertiary alicyclic amines) is 1. The Kier molecular flexibility index (Phi) is 12.0. The van der Waals surface area contributed by atoms with E-state index < -0.39 is 11.2 Å². The molecule has 6 heterocycles. The number of anilines is 5. The van der Waals surface area contributed by atoms with E-state index in [2.05, 4.69) is 45.3 Å². The van der Waals surface area contributed by atoms with Gasteiger partial charge in [-0.15, -0.1) is 0 Å². The Morgan fingerprint density at radius 1 is 0.965 bits per heavy atom. The Morgan fingerprint density at radius 3 is 2.35 bits per heavy atom. The van der Waals surface area contributed by atoms with Crippen LogP contribution in [-0.4, -0.2) is 112 Å². The zero-order chi connectivity index (χ0) is 40.1. The summed E-state index contributed by atoms with van der Waals surface area (Å²) in [6, 6.07) is 16.8. The van der Waals surface area contributed by atoms with Crippen LogP contribution in [0.1, 0.15) is 33.9 Å². The number of nitrogens with zero attached hydrogens (tertiary/aromatic N) is 8. The lowest BCUT2D eigenvalue weighted by molar-refractivity contribution is -0.145. The zero-order valence-electron chi connectivity index (χ0n) is 32.2. The molecule has 17 heteroatoms. The monoisotopic (exact) mass is 811 g/mol. The third kappa shape index (κ3) is 9.35. The van der Waals surface area contributed by atoms with Crippen LogP contribution in [-0.2, 0) is 4.79 Å². The number of aromatic nitrogens is 5. The molecule has 1 spiro atoms. The van der Waals surface area contributed by atoms with Crippen LogP contribution in [0.2, 0.25) is 5.02 Å². The summed E-state index contributed by atoms with van der Waals surface area (Å²) in [7, 11) is 1.87. The van der Waals surface area contributed by atoms with Gasteiger partial charge in [0.1, 0.15) is 17.5 Å². The summed E-state index contributed by atoms with van der Waals surface area (Å²) < 4.78 is 1.41. The Hall–Kier alpha value is -5.58. The summed E-state index contributed by atoms with van der Waals surface area (Å²) in [5.74, 6) is 2.42. The number of rotatable bonds is 11. The largest absolute Gasteiger partial charge is 0.387 e. The number of benzene rings is 2. The van der Waals surface area contributed by atoms with Crippen molar-refractivity contribution in [3.05, 3.63) is 109 Å². The molecule has 15 nitrogen and oxygen atoms in total. The van der Waals surface area contributed by atoms with Crippen LogP contribution in [0.5, 0.6) is 0 Å². The molecule has 3 saturated heterocycles. The average Bonchev–Trinajstić information content (AvgIpc) is 3.62. The molecule has 3 fully saturated rings. The van der Waals surface area contributed by atoms with Crippen LogP contribution in [0, 0.1) is 19.3 Å². The first-order valence-electron chi connectivity index (χ1n) is 18.9. The van der Waals surface area contributed by atoms with E-state index in [1.165, 1.54) is 39.9 Å². The molecule has 57 heavy (non-hydrogen) atoms. The van der Waals surface area contributed by atoms with Crippen LogP contribution in [0.4, 0.5) is 28.1 Å². The van der Waals surface area contributed by atoms with Crippen molar-refractivity contribution in [3.8, 4) is 5.69 Å². The summed E-state index contributed by atoms with van der Waals surface area (Å²) in [6.45, 7) is 11.7. The quantitative estimate of drug-likeness (QED) is 0.160. The fourth-order valence-electron chi connectivity index (χ4n) is 7.58. The smallest absolute Gasteiger partial charge is 0.332 e. The Labute approximate surface area is 339 Å². The predicted octanol–water partition coefficient (Wildman–Crippen LogP) is 4.58. The standard InChI is InChI=1S/C32H36N10O4S.C8H10ClN/c1-22-34-26(36-30-33-16-25(17-43)47-30)15-27(35-22)39-13-11-38(12-14-39)9-2-3-29(45)41-20-32(21-41)18-40(19-32)23-4-6-24(7-5-23)42-10-8-28(44)37-31(42)46;1-6-4-3-5-7(9)8(6)10-2/h4-8,10,15-17H,2-3,9,11-14,18-21H2,1H3,(H,37,44,46)(H,33,34,35,36);3-5,10H,1-2H3. The molecule has 3 N–H and O–H groups in total. The van der Waals surface area contributed by atoms with E-state index in [9.17, 15) is 19.2 Å². The van der Waals surface area contributed by atoms with Crippen molar-refractivity contribution in [2.75, 3.05) is 86.4 Å². The van der Waals surface area contributed by atoms with E-state index in [1.807, 2.05) is 74.3 Å². The lowest BCUT2D eigenvalue weighted by atomic mass is 9.72. The normalized spacial score (nSPS) is 16.0. The number of para-hydroxylation sites is 1. The molecule has 0 radical (unpaired) electrons. The first-order valence-corrected chi connectivity index (χ1v) is 20.1. The van der Waals surface area contributed by atoms with Gasteiger partial charge >= 0.3 is 5.69 Å². The lowest BCUT2D eigenvalue weighted by Crippen LogP contribution is -2.73. The molecule has 0 saturated carbocycles. The van der Waals surface area contributed by atoms with Gasteiger partial charge in [0.15, 0.2) is 11.4 Å². The summed E-state index contributed by atoms with van der Waals surface area (Å²) >= 11 is 7.15. The second-order valence-electron chi connectivity index (χ2n) is 14.7. The number of amides is 1. The van der Waals surface area contributed by atoms with Gasteiger partial charge in [0, 0.05) is 95.3 Å². The molecule has 3 aromatic heterocycles. The Morgan fingerprint density at radius 2 is 1.70 bits per heavy atom. The van der Waals surface area contributed by atoms with Crippen molar-refractivity contribution in [1.29, 1.82) is 0 Å². The molecule has 0 unspecified atom stereocenters. The lowest BCUT2D eigenvalue weighted by Gasteiger charge is -2.61. The minimum absolute atomic E-state index is 0.175. The molecule has 8 rings (SSSR count). The number of aromatic amines is 1. The topological polar surface area (TPSA) is 165 Å². The fraction of sp³-hybridized carbons (Fsp3) is 0.375. The van der Waals surface area contributed by atoms with Gasteiger partial charge in [-0.05, 0) is 62.7 Å². The summed E-state index contributed by atoms with van der Waals surface area (Å²) in [4.78, 5) is 72.4. The van der Waals surface area contributed by atoms with Gasteiger partial charge in [-0.25, -0.2) is 19.7 Å². The van der Waals surface area contributed by atoms with Crippen molar-refractivity contribution in [1.82, 2.24) is 34.3 Å². The number of hydrogen-bond donors (Lipinski definition) is 3. The molecule has 1 amide bonds. The number of aldehydes is 1. The second-order valence-corrected chi connectivity index (χ2v) is 16.2. The van der Waals surface area contributed by atoms with Crippen molar-refractivity contribution in [2.24, 2.45) is 5.41 Å². The van der Waals surface area contributed by atoms with E-state index in [4.69, 9.17) is 11.6 Å². The fourth-order valence-corrected chi connectivity index (χ4v) is 8.53. The Balaban J connectivity index is 0.000000434. The molecule has 2 aromatic carbocycles. The molecule has 5 aromatic rings. The van der Waals surface area contributed by atoms with E-state index in [0.29, 0.717) is 33.8 Å². The van der Waals surface area contributed by atoms with Crippen LogP contribution in [0.3, 0.4) is 0 Å². The third-order valence-electron chi connectivity index (χ3n) is 10.5. The number of aryl methyl sites for hydroxylation is 2. The maximum Gasteiger partial charge on any atom is 0.332 e. The molecule has 3 aliphatic rings. The maximum absolute atomic E-state index is 12.9. The van der Waals surface area contributed by atoms with Gasteiger partial charge in [0.25, 0.3) is 5.56 Å². The highest BCUT2D eigenvalue weighted by Crippen LogP contribution is 2.42. The predicted molar refractivity (Wildman–Crippen MR) is 225 cm³/mol. The Bertz CT molecular complexity index is 2300. The third-order valence-corrected chi connectivity index (χ3v) is 11.7. The van der Waals surface area contributed by atoms with Gasteiger partial charge in [0.2, 0.25) is 5.91 Å². The zero-order valence-corrected chi connectivity index (χ0v) is 33.8. The highest BCUT2D eigenvalue weighted by Gasteiger charge is 2.53. The molecule has 0 atom stereocenters. The number of halogens is 1. The number of H-pyrrole nitrogens is 1. The van der Waals surface area contributed by atoms with Crippen molar-refractivity contribution in [3.63, 3.8) is 0 Å². The number of nitrogens with one attached hydrogen (secondary N) is 3. The minimum atomic E-state index is -0.461. The van der Waals surface area contributed by atoms with Crippen molar-refractivity contribution >= 4 is 63.3 Å². The summed E-state index contributed by atoms with van der Waals surface area (Å²) in [5, 5.41) is 7.61. The van der Waals surface area contributed by atoms with Crippen molar-refractivity contribution in [2.45, 2.75) is 26.7 Å². The maximum atomic E-state index is 12.9. The van der Waals surface area contributed by atoms with Gasteiger partial charge in [-0.2, -0.15) is 0 Å². The van der Waals surface area contributed by atoms with E-state index in [0.717, 1.165) is 93.8 Å². The van der Waals surface area contributed by atoms with Gasteiger partial charge in [-0.3, -0.25) is 28.8 Å². The molecule has 0 bridgehead atoms. The summed E-state index contributed by atoms with van der Waals surface area (Å²) in [5.41, 5.74) is 3.27. The number of carbonyl (C=O) groups is 2. The molecular formula is C40H46ClN11O4S. The highest BCUT2D eigenvalue weighted by atomic mass is 35.5. The van der Waals surface area contributed by atoms with E-state index in [-0.39, 0.29) is 11.3 Å². The highest BCUT2D eigenvalue weighted by molar-refractivity contribution is 7.17. The number of piperazine rings is 1. The van der Waals surface area contributed by atoms with Crippen LogP contribution >= 0.6 is 22.9 Å². The van der Waals surface area contributed by atoms with Crippen LogP contribution < -0.4 is 31.7 Å². The van der Waals surface area contributed by atoms with Gasteiger partial charge in [-0.1, -0.05) is 35.1 Å². The first-order chi connectivity index (χ1) is 27.5. The number of carbonyl (C=O) groups excluding carboxylic acids is 2. The summed E-state index contributed by atoms with van der Waals surface area (Å²) in [6.07, 6.45) is 5.21. The molecule has 0 aliphatic carbocycles. The molecular weight excluding hydrogens is 766 g/mol.